The van der Waals surface area contributed by atoms with Crippen LogP contribution < -0.4 is 0 Å². The standard InChI is InChI=1S/C16H10F4N4/c1-21-7-12-16(23-24-22-12)9-4-2-8(3-5-9)10-6-11(17)14(19)15(20)13(10)18/h2-7H,1H3,(H,22,23,24). The van der Waals surface area contributed by atoms with Gasteiger partial charge in [0.25, 0.3) is 0 Å². The molecule has 0 aliphatic heterocycles. The van der Waals surface area contributed by atoms with E-state index in [1.54, 1.807) is 19.2 Å². The fraction of sp³-hybridized carbons (Fsp3) is 0.0625. The van der Waals surface area contributed by atoms with Gasteiger partial charge < -0.3 is 0 Å². The summed E-state index contributed by atoms with van der Waals surface area (Å²) in [6.07, 6.45) is 1.51. The van der Waals surface area contributed by atoms with Gasteiger partial charge in [0.1, 0.15) is 11.4 Å². The minimum atomic E-state index is -1.84. The van der Waals surface area contributed by atoms with Crippen molar-refractivity contribution in [1.29, 1.82) is 0 Å². The first-order valence-corrected chi connectivity index (χ1v) is 6.79. The van der Waals surface area contributed by atoms with Crippen LogP contribution in [-0.2, 0) is 0 Å². The molecule has 0 aliphatic carbocycles. The molecule has 0 bridgehead atoms. The fourth-order valence-corrected chi connectivity index (χ4v) is 2.25. The van der Waals surface area contributed by atoms with Crippen molar-refractivity contribution in [2.24, 2.45) is 4.99 Å². The normalized spacial score (nSPS) is 11.4. The molecule has 0 saturated carbocycles. The topological polar surface area (TPSA) is 53.9 Å². The molecule has 3 rings (SSSR count). The predicted molar refractivity (Wildman–Crippen MR) is 80.6 cm³/mol. The van der Waals surface area contributed by atoms with Gasteiger partial charge in [-0.3, -0.25) is 4.99 Å². The quantitative estimate of drug-likeness (QED) is 0.343. The third-order valence-corrected chi connectivity index (χ3v) is 3.40. The maximum Gasteiger partial charge on any atom is 0.198 e. The number of aromatic nitrogens is 3. The zero-order valence-corrected chi connectivity index (χ0v) is 12.3. The first kappa shape index (κ1) is 15.9. The van der Waals surface area contributed by atoms with Crippen LogP contribution in [0.1, 0.15) is 5.69 Å². The Bertz CT molecular complexity index is 917. The van der Waals surface area contributed by atoms with Crippen LogP contribution in [0.15, 0.2) is 35.3 Å². The van der Waals surface area contributed by atoms with Crippen LogP contribution in [0.2, 0.25) is 0 Å². The summed E-state index contributed by atoms with van der Waals surface area (Å²) in [6.45, 7) is 0. The van der Waals surface area contributed by atoms with Gasteiger partial charge in [0.15, 0.2) is 23.3 Å². The Morgan fingerprint density at radius 1 is 0.917 bits per heavy atom. The zero-order valence-electron chi connectivity index (χ0n) is 12.3. The van der Waals surface area contributed by atoms with Crippen molar-refractivity contribution >= 4 is 6.21 Å². The average molecular weight is 334 g/mol. The van der Waals surface area contributed by atoms with Crippen LogP contribution in [0.4, 0.5) is 17.6 Å². The second-order valence-electron chi connectivity index (χ2n) is 4.87. The third-order valence-electron chi connectivity index (χ3n) is 3.40. The predicted octanol–water partition coefficient (Wildman–Crippen LogP) is 3.74. The number of rotatable bonds is 3. The molecule has 1 heterocycles. The van der Waals surface area contributed by atoms with Gasteiger partial charge in [0, 0.05) is 18.2 Å². The Morgan fingerprint density at radius 2 is 1.58 bits per heavy atom. The van der Waals surface area contributed by atoms with Gasteiger partial charge >= 0.3 is 0 Å². The van der Waals surface area contributed by atoms with Crippen LogP contribution in [0.25, 0.3) is 22.4 Å². The Labute approximate surface area is 133 Å². The van der Waals surface area contributed by atoms with Crippen molar-refractivity contribution in [3.8, 4) is 22.4 Å². The van der Waals surface area contributed by atoms with Crippen molar-refractivity contribution in [3.63, 3.8) is 0 Å². The van der Waals surface area contributed by atoms with E-state index in [0.717, 1.165) is 0 Å². The molecule has 0 amide bonds. The number of hydrogen-bond donors (Lipinski definition) is 1. The Kier molecular flexibility index (Phi) is 4.11. The number of aliphatic imine (C=N–C) groups is 1. The van der Waals surface area contributed by atoms with E-state index < -0.39 is 23.3 Å². The fourth-order valence-electron chi connectivity index (χ4n) is 2.25. The molecule has 0 saturated heterocycles. The van der Waals surface area contributed by atoms with Gasteiger partial charge in [-0.15, -0.1) is 0 Å². The van der Waals surface area contributed by atoms with Gasteiger partial charge in [-0.2, -0.15) is 15.4 Å². The first-order valence-electron chi connectivity index (χ1n) is 6.79. The van der Waals surface area contributed by atoms with E-state index in [1.165, 1.54) is 18.3 Å². The van der Waals surface area contributed by atoms with Gasteiger partial charge in [-0.1, -0.05) is 24.3 Å². The molecule has 122 valence electrons. The minimum Gasteiger partial charge on any atom is -0.294 e. The number of halogens is 4. The van der Waals surface area contributed by atoms with E-state index >= 15 is 0 Å². The Balaban J connectivity index is 2.03. The average Bonchev–Trinajstić information content (AvgIpc) is 3.05. The molecule has 1 N–H and O–H groups in total. The lowest BCUT2D eigenvalue weighted by molar-refractivity contribution is 0.411. The monoisotopic (exact) mass is 334 g/mol. The van der Waals surface area contributed by atoms with Crippen molar-refractivity contribution in [1.82, 2.24) is 15.4 Å². The van der Waals surface area contributed by atoms with E-state index in [9.17, 15) is 17.6 Å². The largest absolute Gasteiger partial charge is 0.294 e. The van der Waals surface area contributed by atoms with Crippen molar-refractivity contribution in [2.75, 3.05) is 7.05 Å². The number of nitrogens with zero attached hydrogens (tertiary/aromatic N) is 3. The molecule has 0 fully saturated rings. The molecule has 1 aromatic heterocycles. The first-order chi connectivity index (χ1) is 11.5. The molecule has 24 heavy (non-hydrogen) atoms. The maximum atomic E-state index is 13.8. The van der Waals surface area contributed by atoms with Crippen LogP contribution in [-0.4, -0.2) is 28.7 Å². The second-order valence-corrected chi connectivity index (χ2v) is 4.87. The number of nitrogens with one attached hydrogen (secondary N) is 1. The molecule has 0 radical (unpaired) electrons. The van der Waals surface area contributed by atoms with Crippen LogP contribution in [0, 0.1) is 23.3 Å². The molecular formula is C16H10F4N4. The van der Waals surface area contributed by atoms with E-state index in [1.807, 2.05) is 0 Å². The Hall–Kier alpha value is -3.03. The third kappa shape index (κ3) is 2.66. The lowest BCUT2D eigenvalue weighted by Gasteiger charge is -2.07. The lowest BCUT2D eigenvalue weighted by Crippen LogP contribution is -1.98. The van der Waals surface area contributed by atoms with Crippen molar-refractivity contribution in [2.45, 2.75) is 0 Å². The summed E-state index contributed by atoms with van der Waals surface area (Å²) in [6, 6.07) is 6.68. The summed E-state index contributed by atoms with van der Waals surface area (Å²) in [5.74, 6) is -6.57. The van der Waals surface area contributed by atoms with Gasteiger partial charge in [-0.05, 0) is 11.6 Å². The second kappa shape index (κ2) is 6.23. The molecule has 0 unspecified atom stereocenters. The number of benzene rings is 2. The lowest BCUT2D eigenvalue weighted by atomic mass is 10.0. The molecule has 3 aromatic rings. The molecular weight excluding hydrogens is 324 g/mol. The molecule has 2 aromatic carbocycles. The smallest absolute Gasteiger partial charge is 0.198 e. The van der Waals surface area contributed by atoms with E-state index in [-0.39, 0.29) is 11.1 Å². The zero-order chi connectivity index (χ0) is 17.3. The Morgan fingerprint density at radius 3 is 2.25 bits per heavy atom. The molecule has 0 aliphatic rings. The van der Waals surface area contributed by atoms with Crippen LogP contribution >= 0.6 is 0 Å². The molecule has 4 nitrogen and oxygen atoms in total. The SMILES string of the molecule is CN=Cc1n[nH]nc1-c1ccc(-c2cc(F)c(F)c(F)c2F)cc1. The summed E-state index contributed by atoms with van der Waals surface area (Å²) >= 11 is 0. The highest BCUT2D eigenvalue weighted by molar-refractivity contribution is 5.86. The summed E-state index contributed by atoms with van der Waals surface area (Å²) < 4.78 is 53.6. The van der Waals surface area contributed by atoms with Gasteiger partial charge in [-0.25, -0.2) is 17.6 Å². The molecule has 0 spiro atoms. The minimum absolute atomic E-state index is 0.197. The number of H-pyrrole nitrogens is 1. The summed E-state index contributed by atoms with van der Waals surface area (Å²) in [7, 11) is 1.59. The summed E-state index contributed by atoms with van der Waals surface area (Å²) in [5.41, 5.74) is 1.50. The van der Waals surface area contributed by atoms with E-state index in [0.29, 0.717) is 23.0 Å². The van der Waals surface area contributed by atoms with Crippen LogP contribution in [0.3, 0.4) is 0 Å². The van der Waals surface area contributed by atoms with Crippen molar-refractivity contribution in [3.05, 3.63) is 59.3 Å². The highest BCUT2D eigenvalue weighted by Gasteiger charge is 2.20. The number of aromatic amines is 1. The summed E-state index contributed by atoms with van der Waals surface area (Å²) in [4.78, 5) is 3.85. The highest BCUT2D eigenvalue weighted by Crippen LogP contribution is 2.29. The van der Waals surface area contributed by atoms with E-state index in [4.69, 9.17) is 0 Å². The highest BCUT2D eigenvalue weighted by atomic mass is 19.2. The number of hydrogen-bond acceptors (Lipinski definition) is 3. The molecule has 8 heteroatoms. The van der Waals surface area contributed by atoms with E-state index in [2.05, 4.69) is 20.4 Å². The van der Waals surface area contributed by atoms with Crippen LogP contribution in [0.5, 0.6) is 0 Å². The van der Waals surface area contributed by atoms with Crippen molar-refractivity contribution < 1.29 is 17.6 Å². The maximum absolute atomic E-state index is 13.8. The molecule has 0 atom stereocenters. The van der Waals surface area contributed by atoms with Gasteiger partial charge in [0.05, 0.1) is 6.21 Å². The van der Waals surface area contributed by atoms with Gasteiger partial charge in [0.2, 0.25) is 0 Å². The summed E-state index contributed by atoms with van der Waals surface area (Å²) in [5, 5.41) is 10.4.